The highest BCUT2D eigenvalue weighted by atomic mass is 32.2. The number of rotatable bonds is 9. The van der Waals surface area contributed by atoms with Crippen molar-refractivity contribution in [2.24, 2.45) is 0 Å². The lowest BCUT2D eigenvalue weighted by Gasteiger charge is -2.20. The van der Waals surface area contributed by atoms with Crippen molar-refractivity contribution in [1.82, 2.24) is 14.1 Å². The zero-order chi connectivity index (χ0) is 26.7. The SMILES string of the molecule is CCOc1cc([C@@H](CS(C)(=O)=O)n2c(=O)n(CC#N)c3cc(-c4ccccc4F)cnc32)ccc1OC. The van der Waals surface area contributed by atoms with Gasteiger partial charge in [-0.2, -0.15) is 5.26 Å². The largest absolute Gasteiger partial charge is 0.493 e. The third-order valence-corrected chi connectivity index (χ3v) is 6.78. The molecule has 2 aromatic heterocycles. The van der Waals surface area contributed by atoms with E-state index in [1.807, 2.05) is 6.07 Å². The molecule has 0 aliphatic heterocycles. The van der Waals surface area contributed by atoms with Gasteiger partial charge < -0.3 is 9.47 Å². The topological polar surface area (TPSA) is 116 Å². The number of fused-ring (bicyclic) bond motifs is 1. The Bertz CT molecular complexity index is 1670. The molecule has 11 heteroatoms. The van der Waals surface area contributed by atoms with Crippen LogP contribution in [0.2, 0.25) is 0 Å². The van der Waals surface area contributed by atoms with Crippen LogP contribution in [0.1, 0.15) is 18.5 Å². The van der Waals surface area contributed by atoms with Gasteiger partial charge in [0, 0.05) is 23.6 Å². The Morgan fingerprint density at radius 2 is 1.92 bits per heavy atom. The van der Waals surface area contributed by atoms with E-state index in [0.717, 1.165) is 6.26 Å². The van der Waals surface area contributed by atoms with Gasteiger partial charge in [-0.25, -0.2) is 22.6 Å². The summed E-state index contributed by atoms with van der Waals surface area (Å²) in [5.41, 5.74) is 1.01. The van der Waals surface area contributed by atoms with Crippen LogP contribution in [0, 0.1) is 17.1 Å². The molecule has 9 nitrogen and oxygen atoms in total. The Morgan fingerprint density at radius 1 is 1.16 bits per heavy atom. The Labute approximate surface area is 213 Å². The third-order valence-electron chi connectivity index (χ3n) is 5.86. The Hall–Kier alpha value is -4.17. The second-order valence-electron chi connectivity index (χ2n) is 8.39. The molecule has 2 heterocycles. The molecule has 2 aromatic carbocycles. The van der Waals surface area contributed by atoms with Crippen molar-refractivity contribution in [3.63, 3.8) is 0 Å². The Morgan fingerprint density at radius 3 is 2.57 bits per heavy atom. The molecular weight excluding hydrogens is 499 g/mol. The van der Waals surface area contributed by atoms with Crippen LogP contribution in [-0.4, -0.2) is 48.3 Å². The molecule has 4 aromatic rings. The Balaban J connectivity index is 1.99. The van der Waals surface area contributed by atoms with Gasteiger partial charge in [0.25, 0.3) is 0 Å². The molecule has 0 radical (unpaired) electrons. The number of nitrogens with zero attached hydrogens (tertiary/aromatic N) is 4. The molecule has 0 saturated carbocycles. The second kappa shape index (κ2) is 10.4. The first kappa shape index (κ1) is 25.9. The van der Waals surface area contributed by atoms with E-state index in [0.29, 0.717) is 29.2 Å². The summed E-state index contributed by atoms with van der Waals surface area (Å²) in [7, 11) is -2.10. The molecule has 0 unspecified atom stereocenters. The van der Waals surface area contributed by atoms with Gasteiger partial charge in [-0.1, -0.05) is 24.3 Å². The van der Waals surface area contributed by atoms with Crippen molar-refractivity contribution in [3.05, 3.63) is 76.6 Å². The van der Waals surface area contributed by atoms with Crippen molar-refractivity contribution >= 4 is 21.0 Å². The summed E-state index contributed by atoms with van der Waals surface area (Å²) in [6, 6.07) is 13.6. The van der Waals surface area contributed by atoms with E-state index in [9.17, 15) is 22.9 Å². The van der Waals surface area contributed by atoms with Crippen LogP contribution in [0.3, 0.4) is 0 Å². The quantitative estimate of drug-likeness (QED) is 0.329. The monoisotopic (exact) mass is 524 g/mol. The highest BCUT2D eigenvalue weighted by Gasteiger charge is 2.27. The van der Waals surface area contributed by atoms with E-state index >= 15 is 0 Å². The number of hydrogen-bond donors (Lipinski definition) is 0. The zero-order valence-electron chi connectivity index (χ0n) is 20.5. The molecule has 4 rings (SSSR count). The molecule has 0 aliphatic carbocycles. The van der Waals surface area contributed by atoms with E-state index in [4.69, 9.17) is 9.47 Å². The maximum Gasteiger partial charge on any atom is 0.331 e. The molecule has 0 saturated heterocycles. The predicted octanol–water partition coefficient (Wildman–Crippen LogP) is 3.57. The summed E-state index contributed by atoms with van der Waals surface area (Å²) in [4.78, 5) is 18.1. The number of hydrogen-bond acceptors (Lipinski definition) is 7. The average molecular weight is 525 g/mol. The van der Waals surface area contributed by atoms with E-state index in [1.165, 1.54) is 28.5 Å². The van der Waals surface area contributed by atoms with Crippen molar-refractivity contribution in [1.29, 1.82) is 5.26 Å². The zero-order valence-corrected chi connectivity index (χ0v) is 21.3. The van der Waals surface area contributed by atoms with Gasteiger partial charge in [-0.3, -0.25) is 9.13 Å². The van der Waals surface area contributed by atoms with Gasteiger partial charge in [0.2, 0.25) is 0 Å². The minimum Gasteiger partial charge on any atom is -0.493 e. The fourth-order valence-corrected chi connectivity index (χ4v) is 5.19. The highest BCUT2D eigenvalue weighted by molar-refractivity contribution is 7.90. The van der Waals surface area contributed by atoms with Crippen LogP contribution in [0.25, 0.3) is 22.3 Å². The summed E-state index contributed by atoms with van der Waals surface area (Å²) in [5.74, 6) is -0.0261. The van der Waals surface area contributed by atoms with Gasteiger partial charge in [0.15, 0.2) is 17.1 Å². The minimum atomic E-state index is -3.59. The molecule has 1 atom stereocenters. The average Bonchev–Trinajstić information content (AvgIpc) is 3.13. The Kier molecular flexibility index (Phi) is 7.31. The summed E-state index contributed by atoms with van der Waals surface area (Å²) >= 11 is 0. The number of aromatic nitrogens is 3. The van der Waals surface area contributed by atoms with E-state index in [1.54, 1.807) is 49.4 Å². The highest BCUT2D eigenvalue weighted by Crippen LogP contribution is 2.33. The van der Waals surface area contributed by atoms with Gasteiger partial charge in [0.1, 0.15) is 22.2 Å². The number of sulfone groups is 1. The lowest BCUT2D eigenvalue weighted by atomic mass is 10.1. The standard InChI is InChI=1S/C26H25FN4O5S/c1-4-36-24-14-17(9-10-23(24)35-2)22(16-37(3,33)34)31-25-21(30(12-11-28)26(31)32)13-18(15-29-25)19-7-5-6-8-20(19)27/h5-10,13-15,22H,4,12,16H2,1-3H3/t22-/m1/s1. The van der Waals surface area contributed by atoms with E-state index < -0.39 is 33.1 Å². The van der Waals surface area contributed by atoms with Crippen molar-refractivity contribution < 1.29 is 22.3 Å². The van der Waals surface area contributed by atoms with Gasteiger partial charge in [0.05, 0.1) is 37.1 Å². The maximum absolute atomic E-state index is 14.5. The lowest BCUT2D eigenvalue weighted by Crippen LogP contribution is -2.31. The number of ether oxygens (including phenoxy) is 2. The van der Waals surface area contributed by atoms with Crippen LogP contribution in [-0.2, 0) is 16.4 Å². The molecule has 0 N–H and O–H groups in total. The van der Waals surface area contributed by atoms with Crippen LogP contribution < -0.4 is 15.2 Å². The molecular formula is C26H25FN4O5S. The number of methoxy groups -OCH3 is 1. The van der Waals surface area contributed by atoms with Crippen molar-refractivity contribution in [2.45, 2.75) is 19.5 Å². The maximum atomic E-state index is 14.5. The smallest absolute Gasteiger partial charge is 0.331 e. The summed E-state index contributed by atoms with van der Waals surface area (Å²) in [6.07, 6.45) is 2.50. The van der Waals surface area contributed by atoms with Crippen LogP contribution >= 0.6 is 0 Å². The fourth-order valence-electron chi connectivity index (χ4n) is 4.28. The first-order valence-corrected chi connectivity index (χ1v) is 13.5. The first-order chi connectivity index (χ1) is 17.7. The molecule has 192 valence electrons. The molecule has 0 fully saturated rings. The van der Waals surface area contributed by atoms with Crippen molar-refractivity contribution in [3.8, 4) is 28.7 Å². The predicted molar refractivity (Wildman–Crippen MR) is 137 cm³/mol. The summed E-state index contributed by atoms with van der Waals surface area (Å²) in [5, 5.41) is 9.41. The minimum absolute atomic E-state index is 0.169. The number of halogens is 1. The van der Waals surface area contributed by atoms with Crippen LogP contribution in [0.15, 0.2) is 59.5 Å². The second-order valence-corrected chi connectivity index (χ2v) is 10.6. The summed E-state index contributed by atoms with van der Waals surface area (Å²) < 4.78 is 52.9. The van der Waals surface area contributed by atoms with Crippen molar-refractivity contribution in [2.75, 3.05) is 25.7 Å². The summed E-state index contributed by atoms with van der Waals surface area (Å²) in [6.45, 7) is 1.85. The van der Waals surface area contributed by atoms with Crippen LogP contribution in [0.5, 0.6) is 11.5 Å². The van der Waals surface area contributed by atoms with Crippen LogP contribution in [0.4, 0.5) is 4.39 Å². The van der Waals surface area contributed by atoms with E-state index in [2.05, 4.69) is 4.98 Å². The van der Waals surface area contributed by atoms with Gasteiger partial charge in [-0.15, -0.1) is 0 Å². The van der Waals surface area contributed by atoms with Gasteiger partial charge >= 0.3 is 5.69 Å². The van der Waals surface area contributed by atoms with Gasteiger partial charge in [-0.05, 0) is 36.8 Å². The molecule has 0 amide bonds. The third kappa shape index (κ3) is 5.20. The molecule has 0 bridgehead atoms. The number of imidazole rings is 1. The van der Waals surface area contributed by atoms with E-state index in [-0.39, 0.29) is 23.3 Å². The number of benzene rings is 2. The fraction of sp³-hybridized carbons (Fsp3) is 0.269. The normalized spacial score (nSPS) is 12.3. The number of pyridine rings is 1. The first-order valence-electron chi connectivity index (χ1n) is 11.4. The molecule has 0 aliphatic rings. The molecule has 0 spiro atoms. The molecule has 37 heavy (non-hydrogen) atoms. The lowest BCUT2D eigenvalue weighted by molar-refractivity contribution is 0.310. The number of nitriles is 1.